The molecule has 0 radical (unpaired) electrons. The molecular formula is C9H8ClFO5. The maximum absolute atomic E-state index is 13.4. The highest BCUT2D eigenvalue weighted by Gasteiger charge is 2.28. The number of benzene rings is 1. The number of carbonyl (C=O) groups excluding carboxylic acids is 1. The fourth-order valence-electron chi connectivity index (χ4n) is 1.10. The Morgan fingerprint density at radius 2 is 2.12 bits per heavy atom. The number of rotatable bonds is 2. The largest absolute Gasteiger partial charge is 0.504 e. The van der Waals surface area contributed by atoms with E-state index in [2.05, 4.69) is 4.74 Å². The van der Waals surface area contributed by atoms with Crippen LogP contribution in [0.1, 0.15) is 11.7 Å². The summed E-state index contributed by atoms with van der Waals surface area (Å²) in [6.45, 7) is 0. The van der Waals surface area contributed by atoms with Gasteiger partial charge in [0.25, 0.3) is 0 Å². The highest BCUT2D eigenvalue weighted by molar-refractivity contribution is 6.31. The van der Waals surface area contributed by atoms with Crippen LogP contribution >= 0.6 is 11.6 Å². The van der Waals surface area contributed by atoms with E-state index in [4.69, 9.17) is 16.7 Å². The van der Waals surface area contributed by atoms with Gasteiger partial charge in [0.05, 0.1) is 17.7 Å². The van der Waals surface area contributed by atoms with Crippen LogP contribution in [0.3, 0.4) is 0 Å². The second-order valence-corrected chi connectivity index (χ2v) is 3.29. The van der Waals surface area contributed by atoms with E-state index in [1.807, 2.05) is 0 Å². The van der Waals surface area contributed by atoms with E-state index < -0.39 is 40.0 Å². The molecule has 0 heterocycles. The normalized spacial score (nSPS) is 12.2. The maximum atomic E-state index is 13.4. The zero-order valence-electron chi connectivity index (χ0n) is 8.07. The lowest BCUT2D eigenvalue weighted by Gasteiger charge is -2.13. The Balaban J connectivity index is 3.37. The van der Waals surface area contributed by atoms with Gasteiger partial charge in [0.1, 0.15) is 0 Å². The molecule has 3 N–H and O–H groups in total. The molecule has 0 bridgehead atoms. The number of phenolic OH excluding ortho intramolecular Hbond substituents is 2. The standard InChI is InChI=1S/C9H8ClFO5/c1-16-9(15)8(14)5-6(11)3(10)2-4(12)7(5)13/h2,8,12-14H,1H3. The number of esters is 1. The molecule has 16 heavy (non-hydrogen) atoms. The Kier molecular flexibility index (Phi) is 3.56. The summed E-state index contributed by atoms with van der Waals surface area (Å²) >= 11 is 5.37. The van der Waals surface area contributed by atoms with Crippen LogP contribution in [0.2, 0.25) is 5.02 Å². The van der Waals surface area contributed by atoms with E-state index in [0.717, 1.165) is 13.2 Å². The lowest BCUT2D eigenvalue weighted by Crippen LogP contribution is -2.15. The number of aliphatic hydroxyl groups excluding tert-OH is 1. The molecule has 88 valence electrons. The number of carbonyl (C=O) groups is 1. The number of hydrogen-bond acceptors (Lipinski definition) is 5. The second-order valence-electron chi connectivity index (χ2n) is 2.88. The highest BCUT2D eigenvalue weighted by atomic mass is 35.5. The van der Waals surface area contributed by atoms with Gasteiger partial charge in [-0.3, -0.25) is 0 Å². The average molecular weight is 251 g/mol. The van der Waals surface area contributed by atoms with Gasteiger partial charge in [-0.2, -0.15) is 0 Å². The van der Waals surface area contributed by atoms with Crippen molar-refractivity contribution in [3.8, 4) is 11.5 Å². The molecule has 0 saturated carbocycles. The second kappa shape index (κ2) is 4.54. The third-order valence-electron chi connectivity index (χ3n) is 1.91. The number of aliphatic hydroxyl groups is 1. The minimum absolute atomic E-state index is 0.534. The first kappa shape index (κ1) is 12.5. The van der Waals surface area contributed by atoms with Crippen LogP contribution in [0.4, 0.5) is 4.39 Å². The molecule has 0 fully saturated rings. The third-order valence-corrected chi connectivity index (χ3v) is 2.18. The van der Waals surface area contributed by atoms with Crippen LogP contribution in [0, 0.1) is 5.82 Å². The predicted octanol–water partition coefficient (Wildman–Crippen LogP) is 1.10. The first-order valence-corrected chi connectivity index (χ1v) is 4.43. The molecule has 0 amide bonds. The van der Waals surface area contributed by atoms with Crippen LogP contribution in [0.25, 0.3) is 0 Å². The lowest BCUT2D eigenvalue weighted by molar-refractivity contribution is -0.151. The van der Waals surface area contributed by atoms with E-state index >= 15 is 0 Å². The third kappa shape index (κ3) is 2.02. The topological polar surface area (TPSA) is 87.0 Å². The highest BCUT2D eigenvalue weighted by Crippen LogP contribution is 2.39. The number of hydrogen-bond donors (Lipinski definition) is 3. The van der Waals surface area contributed by atoms with Crippen LogP contribution in [-0.2, 0) is 9.53 Å². The Hall–Kier alpha value is -1.53. The van der Waals surface area contributed by atoms with Crippen molar-refractivity contribution in [2.24, 2.45) is 0 Å². The number of aromatic hydroxyl groups is 2. The smallest absolute Gasteiger partial charge is 0.339 e. The van der Waals surface area contributed by atoms with Gasteiger partial charge >= 0.3 is 5.97 Å². The van der Waals surface area contributed by atoms with Gasteiger partial charge in [0.2, 0.25) is 0 Å². The molecule has 0 aliphatic carbocycles. The lowest BCUT2D eigenvalue weighted by atomic mass is 10.1. The average Bonchev–Trinajstić information content (AvgIpc) is 2.25. The van der Waals surface area contributed by atoms with Crippen molar-refractivity contribution >= 4 is 17.6 Å². The zero-order valence-corrected chi connectivity index (χ0v) is 8.82. The van der Waals surface area contributed by atoms with Crippen LogP contribution in [0.15, 0.2) is 6.07 Å². The molecule has 1 aromatic carbocycles. The van der Waals surface area contributed by atoms with Gasteiger partial charge in [-0.1, -0.05) is 11.6 Å². The molecule has 0 aliphatic rings. The van der Waals surface area contributed by atoms with E-state index in [1.165, 1.54) is 0 Å². The number of methoxy groups -OCH3 is 1. The van der Waals surface area contributed by atoms with Gasteiger partial charge in [0.15, 0.2) is 23.4 Å². The summed E-state index contributed by atoms with van der Waals surface area (Å²) in [7, 11) is 0.977. The molecule has 7 heteroatoms. The summed E-state index contributed by atoms with van der Waals surface area (Å²) in [6, 6.07) is 0.750. The van der Waals surface area contributed by atoms with Crippen molar-refractivity contribution in [3.05, 3.63) is 22.5 Å². The molecule has 0 saturated heterocycles. The summed E-state index contributed by atoms with van der Waals surface area (Å²) in [5, 5.41) is 27.3. The molecule has 1 atom stereocenters. The summed E-state index contributed by atoms with van der Waals surface area (Å²) in [5.41, 5.74) is -0.822. The van der Waals surface area contributed by atoms with Crippen LogP contribution < -0.4 is 0 Å². The molecule has 0 aromatic heterocycles. The van der Waals surface area contributed by atoms with Gasteiger partial charge in [0, 0.05) is 6.07 Å². The Morgan fingerprint density at radius 1 is 1.56 bits per heavy atom. The number of ether oxygens (including phenoxy) is 1. The first-order chi connectivity index (χ1) is 7.40. The molecule has 5 nitrogen and oxygen atoms in total. The fraction of sp³-hybridized carbons (Fsp3) is 0.222. The number of halogens is 2. The van der Waals surface area contributed by atoms with Crippen molar-refractivity contribution in [3.63, 3.8) is 0 Å². The van der Waals surface area contributed by atoms with Crippen molar-refractivity contribution < 1.29 is 29.2 Å². The van der Waals surface area contributed by atoms with Crippen LogP contribution in [0.5, 0.6) is 11.5 Å². The van der Waals surface area contributed by atoms with Crippen molar-refractivity contribution in [2.75, 3.05) is 7.11 Å². The fourth-order valence-corrected chi connectivity index (χ4v) is 1.31. The Labute approximate surface area is 94.7 Å². The van der Waals surface area contributed by atoms with Crippen LogP contribution in [-0.4, -0.2) is 28.4 Å². The quantitative estimate of drug-likeness (QED) is 0.540. The maximum Gasteiger partial charge on any atom is 0.339 e. The van der Waals surface area contributed by atoms with Gasteiger partial charge < -0.3 is 20.1 Å². The van der Waals surface area contributed by atoms with Gasteiger partial charge in [-0.05, 0) is 0 Å². The predicted molar refractivity (Wildman–Crippen MR) is 51.7 cm³/mol. The van der Waals surface area contributed by atoms with Crippen molar-refractivity contribution in [1.82, 2.24) is 0 Å². The Bertz CT molecular complexity index is 408. The van der Waals surface area contributed by atoms with Gasteiger partial charge in [-0.15, -0.1) is 0 Å². The molecule has 1 aromatic rings. The first-order valence-electron chi connectivity index (χ1n) is 4.05. The van der Waals surface area contributed by atoms with E-state index in [9.17, 15) is 19.4 Å². The molecule has 0 aliphatic heterocycles. The van der Waals surface area contributed by atoms with Gasteiger partial charge in [-0.25, -0.2) is 9.18 Å². The van der Waals surface area contributed by atoms with E-state index in [0.29, 0.717) is 0 Å². The summed E-state index contributed by atoms with van der Waals surface area (Å²) in [6.07, 6.45) is -2.06. The van der Waals surface area contributed by atoms with Crippen molar-refractivity contribution in [2.45, 2.75) is 6.10 Å². The molecular weight excluding hydrogens is 243 g/mol. The van der Waals surface area contributed by atoms with E-state index in [1.54, 1.807) is 0 Å². The van der Waals surface area contributed by atoms with E-state index in [-0.39, 0.29) is 0 Å². The molecule has 1 rings (SSSR count). The summed E-state index contributed by atoms with van der Waals surface area (Å²) in [4.78, 5) is 11.0. The molecule has 0 spiro atoms. The zero-order chi connectivity index (χ0) is 12.5. The number of phenols is 2. The monoisotopic (exact) mass is 250 g/mol. The molecule has 1 unspecified atom stereocenters. The summed E-state index contributed by atoms with van der Waals surface area (Å²) in [5.74, 6) is -4.09. The summed E-state index contributed by atoms with van der Waals surface area (Å²) < 4.78 is 17.6. The minimum atomic E-state index is -2.06. The Morgan fingerprint density at radius 3 is 2.62 bits per heavy atom. The van der Waals surface area contributed by atoms with Crippen molar-refractivity contribution in [1.29, 1.82) is 0 Å². The minimum Gasteiger partial charge on any atom is -0.504 e. The SMILES string of the molecule is COC(=O)C(O)c1c(O)c(O)cc(Cl)c1F.